The lowest BCUT2D eigenvalue weighted by atomic mass is 9.75. The zero-order valence-corrected chi connectivity index (χ0v) is 9.40. The highest BCUT2D eigenvalue weighted by Crippen LogP contribution is 2.34. The molecule has 1 nitrogen and oxygen atoms in total. The first-order valence-corrected chi connectivity index (χ1v) is 5.56. The number of rotatable bonds is 3. The SMILES string of the molecule is CC1(C)CCC(NC/C=C/Cl)CC1. The molecule has 0 heterocycles. The smallest absolute Gasteiger partial charge is 0.0149 e. The van der Waals surface area contributed by atoms with Gasteiger partial charge in [0.2, 0.25) is 0 Å². The Morgan fingerprint density at radius 1 is 1.38 bits per heavy atom. The summed E-state index contributed by atoms with van der Waals surface area (Å²) in [6, 6.07) is 0.709. The van der Waals surface area contributed by atoms with Gasteiger partial charge in [0.25, 0.3) is 0 Å². The molecule has 1 fully saturated rings. The van der Waals surface area contributed by atoms with Crippen LogP contribution in [0, 0.1) is 5.41 Å². The van der Waals surface area contributed by atoms with Gasteiger partial charge in [-0.15, -0.1) is 0 Å². The van der Waals surface area contributed by atoms with Gasteiger partial charge in [-0.1, -0.05) is 31.5 Å². The number of hydrogen-bond donors (Lipinski definition) is 1. The zero-order valence-electron chi connectivity index (χ0n) is 8.65. The van der Waals surface area contributed by atoms with E-state index in [9.17, 15) is 0 Å². The lowest BCUT2D eigenvalue weighted by Crippen LogP contribution is -2.35. The van der Waals surface area contributed by atoms with Gasteiger partial charge in [0, 0.05) is 18.1 Å². The predicted octanol–water partition coefficient (Wildman–Crippen LogP) is 3.30. The average molecular weight is 202 g/mol. The molecule has 0 atom stereocenters. The Morgan fingerprint density at radius 2 is 2.00 bits per heavy atom. The molecule has 0 aliphatic heterocycles. The van der Waals surface area contributed by atoms with Crippen molar-refractivity contribution in [2.24, 2.45) is 5.41 Å². The Labute approximate surface area is 86.5 Å². The number of halogens is 1. The number of nitrogens with one attached hydrogen (secondary N) is 1. The van der Waals surface area contributed by atoms with Crippen LogP contribution in [0.1, 0.15) is 39.5 Å². The first-order valence-electron chi connectivity index (χ1n) is 5.13. The predicted molar refractivity (Wildman–Crippen MR) is 59.0 cm³/mol. The van der Waals surface area contributed by atoms with Crippen LogP contribution in [-0.4, -0.2) is 12.6 Å². The highest BCUT2D eigenvalue weighted by Gasteiger charge is 2.25. The summed E-state index contributed by atoms with van der Waals surface area (Å²) in [7, 11) is 0. The Balaban J connectivity index is 2.18. The largest absolute Gasteiger partial charge is 0.310 e. The van der Waals surface area contributed by atoms with E-state index in [4.69, 9.17) is 11.6 Å². The zero-order chi connectivity index (χ0) is 9.73. The molecule has 1 aliphatic carbocycles. The molecule has 0 spiro atoms. The second kappa shape index (κ2) is 5.02. The Hall–Kier alpha value is -0.0100. The molecule has 0 saturated heterocycles. The van der Waals surface area contributed by atoms with Crippen LogP contribution in [0.3, 0.4) is 0 Å². The van der Waals surface area contributed by atoms with Crippen LogP contribution in [0.25, 0.3) is 0 Å². The van der Waals surface area contributed by atoms with E-state index < -0.39 is 0 Å². The quantitative estimate of drug-likeness (QED) is 0.739. The Morgan fingerprint density at radius 3 is 2.54 bits per heavy atom. The summed E-state index contributed by atoms with van der Waals surface area (Å²) in [6.45, 7) is 5.64. The molecular weight excluding hydrogens is 182 g/mol. The van der Waals surface area contributed by atoms with Crippen LogP contribution in [0.15, 0.2) is 11.6 Å². The summed E-state index contributed by atoms with van der Waals surface area (Å²) in [6.07, 6.45) is 7.26. The highest BCUT2D eigenvalue weighted by molar-refractivity contribution is 6.25. The maximum atomic E-state index is 5.44. The lowest BCUT2D eigenvalue weighted by molar-refractivity contribution is 0.209. The summed E-state index contributed by atoms with van der Waals surface area (Å²) in [5, 5.41) is 3.49. The van der Waals surface area contributed by atoms with E-state index in [0.29, 0.717) is 11.5 Å². The average Bonchev–Trinajstić information content (AvgIpc) is 2.08. The van der Waals surface area contributed by atoms with Crippen molar-refractivity contribution in [2.45, 2.75) is 45.6 Å². The second-order valence-corrected chi connectivity index (χ2v) is 4.96. The molecule has 0 bridgehead atoms. The van der Waals surface area contributed by atoms with Crippen LogP contribution >= 0.6 is 11.6 Å². The van der Waals surface area contributed by atoms with Gasteiger partial charge in [0.15, 0.2) is 0 Å². The summed E-state index contributed by atoms with van der Waals surface area (Å²) in [5.74, 6) is 0. The molecule has 0 aromatic heterocycles. The molecule has 0 unspecified atom stereocenters. The fourth-order valence-corrected chi connectivity index (χ4v) is 1.97. The molecule has 0 aromatic carbocycles. The van der Waals surface area contributed by atoms with Gasteiger partial charge in [-0.25, -0.2) is 0 Å². The van der Waals surface area contributed by atoms with Gasteiger partial charge >= 0.3 is 0 Å². The molecule has 76 valence electrons. The third-order valence-corrected chi connectivity index (χ3v) is 3.13. The maximum Gasteiger partial charge on any atom is 0.0149 e. The molecule has 0 amide bonds. The summed E-state index contributed by atoms with van der Waals surface area (Å²) < 4.78 is 0. The second-order valence-electron chi connectivity index (χ2n) is 4.71. The third kappa shape index (κ3) is 4.15. The first kappa shape index (κ1) is 11.1. The molecule has 1 aliphatic rings. The summed E-state index contributed by atoms with van der Waals surface area (Å²) >= 11 is 5.44. The summed E-state index contributed by atoms with van der Waals surface area (Å²) in [5.41, 5.74) is 2.15. The molecule has 1 saturated carbocycles. The van der Waals surface area contributed by atoms with Gasteiger partial charge in [0.05, 0.1) is 0 Å². The van der Waals surface area contributed by atoms with Crippen LogP contribution in [0.2, 0.25) is 0 Å². The van der Waals surface area contributed by atoms with E-state index in [2.05, 4.69) is 19.2 Å². The van der Waals surface area contributed by atoms with Crippen molar-refractivity contribution in [1.82, 2.24) is 5.32 Å². The van der Waals surface area contributed by atoms with E-state index >= 15 is 0 Å². The van der Waals surface area contributed by atoms with Crippen molar-refractivity contribution >= 4 is 11.6 Å². The minimum atomic E-state index is 0.570. The fourth-order valence-electron chi connectivity index (χ4n) is 1.88. The fraction of sp³-hybridized carbons (Fsp3) is 0.818. The lowest BCUT2D eigenvalue weighted by Gasteiger charge is -2.34. The van der Waals surface area contributed by atoms with Crippen molar-refractivity contribution < 1.29 is 0 Å². The van der Waals surface area contributed by atoms with Gasteiger partial charge in [0.1, 0.15) is 0 Å². The van der Waals surface area contributed by atoms with Gasteiger partial charge in [-0.2, -0.15) is 0 Å². The first-order chi connectivity index (χ1) is 6.14. The molecule has 2 heteroatoms. The normalized spacial score (nSPS) is 23.9. The van der Waals surface area contributed by atoms with E-state index in [0.717, 1.165) is 6.54 Å². The minimum absolute atomic E-state index is 0.570. The van der Waals surface area contributed by atoms with Gasteiger partial charge < -0.3 is 5.32 Å². The van der Waals surface area contributed by atoms with Crippen molar-refractivity contribution in [3.8, 4) is 0 Å². The van der Waals surface area contributed by atoms with Crippen molar-refractivity contribution in [1.29, 1.82) is 0 Å². The van der Waals surface area contributed by atoms with Crippen LogP contribution in [-0.2, 0) is 0 Å². The minimum Gasteiger partial charge on any atom is -0.310 e. The van der Waals surface area contributed by atoms with E-state index in [1.165, 1.54) is 25.7 Å². The standard InChI is InChI=1S/C11H20ClN/c1-11(2)6-4-10(5-7-11)13-9-3-8-12/h3,8,10,13H,4-7,9H2,1-2H3/b8-3+. The van der Waals surface area contributed by atoms with Crippen molar-refractivity contribution in [2.75, 3.05) is 6.54 Å². The third-order valence-electron chi connectivity index (χ3n) is 2.95. The molecule has 0 aromatic rings. The maximum absolute atomic E-state index is 5.44. The van der Waals surface area contributed by atoms with Gasteiger partial charge in [-0.3, -0.25) is 0 Å². The topological polar surface area (TPSA) is 12.0 Å². The van der Waals surface area contributed by atoms with Crippen LogP contribution < -0.4 is 5.32 Å². The highest BCUT2D eigenvalue weighted by atomic mass is 35.5. The van der Waals surface area contributed by atoms with Crippen LogP contribution in [0.5, 0.6) is 0 Å². The number of hydrogen-bond acceptors (Lipinski definition) is 1. The molecule has 0 radical (unpaired) electrons. The van der Waals surface area contributed by atoms with E-state index in [1.54, 1.807) is 5.54 Å². The van der Waals surface area contributed by atoms with Gasteiger partial charge in [-0.05, 0) is 31.1 Å². The van der Waals surface area contributed by atoms with Crippen molar-refractivity contribution in [3.63, 3.8) is 0 Å². The van der Waals surface area contributed by atoms with Crippen molar-refractivity contribution in [3.05, 3.63) is 11.6 Å². The molecule has 1 rings (SSSR count). The summed E-state index contributed by atoms with van der Waals surface area (Å²) in [4.78, 5) is 0. The molecule has 13 heavy (non-hydrogen) atoms. The van der Waals surface area contributed by atoms with E-state index in [-0.39, 0.29) is 0 Å². The Kier molecular flexibility index (Phi) is 4.27. The Bertz CT molecular complexity index is 165. The monoisotopic (exact) mass is 201 g/mol. The molecular formula is C11H20ClN. The van der Waals surface area contributed by atoms with Crippen LogP contribution in [0.4, 0.5) is 0 Å². The molecule has 1 N–H and O–H groups in total. The van der Waals surface area contributed by atoms with E-state index in [1.807, 2.05) is 6.08 Å².